The van der Waals surface area contributed by atoms with Crippen LogP contribution in [0.3, 0.4) is 0 Å². The summed E-state index contributed by atoms with van der Waals surface area (Å²) < 4.78 is 14.2. The summed E-state index contributed by atoms with van der Waals surface area (Å²) in [4.78, 5) is 24.4. The topological polar surface area (TPSA) is 140 Å². The van der Waals surface area contributed by atoms with Crippen molar-refractivity contribution in [2.45, 2.75) is 77.9 Å². The van der Waals surface area contributed by atoms with E-state index >= 15 is 0 Å². The van der Waals surface area contributed by atoms with Crippen LogP contribution < -0.4 is 20.7 Å². The number of carboxylic acid groups (broad SMARTS) is 1. The van der Waals surface area contributed by atoms with E-state index in [4.69, 9.17) is 20.6 Å². The summed E-state index contributed by atoms with van der Waals surface area (Å²) in [6.07, 6.45) is 5.59. The predicted octanol–water partition coefficient (Wildman–Crippen LogP) is 5.29. The van der Waals surface area contributed by atoms with Crippen LogP contribution in [0.5, 0.6) is 11.5 Å². The van der Waals surface area contributed by atoms with E-state index in [9.17, 15) is 14.7 Å². The van der Waals surface area contributed by atoms with E-state index in [0.717, 1.165) is 54.9 Å². The van der Waals surface area contributed by atoms with Crippen molar-refractivity contribution in [2.24, 2.45) is 5.84 Å². The highest BCUT2D eigenvalue weighted by Gasteiger charge is 2.23. The number of carbonyl (C=O) groups is 2. The van der Waals surface area contributed by atoms with E-state index < -0.39 is 18.0 Å². The Labute approximate surface area is 217 Å². The minimum atomic E-state index is -1.04. The van der Waals surface area contributed by atoms with Gasteiger partial charge in [0.25, 0.3) is 5.91 Å². The second-order valence-corrected chi connectivity index (χ2v) is 9.02. The zero-order valence-electron chi connectivity index (χ0n) is 21.6. The van der Waals surface area contributed by atoms with Crippen LogP contribution in [0.25, 0.3) is 21.8 Å². The number of carbonyl (C=O) groups excluding carboxylic acids is 1. The van der Waals surface area contributed by atoms with E-state index in [1.165, 1.54) is 0 Å². The highest BCUT2D eigenvalue weighted by molar-refractivity contribution is 6.19. The van der Waals surface area contributed by atoms with Crippen molar-refractivity contribution in [3.63, 3.8) is 0 Å². The SMILES string of the molecule is CCCOc1cc(OC(CC)C(=O)O)cc2c3c(C(=O)NN)cccc3n(CCCCCCCC#N)c12. The third-order valence-electron chi connectivity index (χ3n) is 6.35. The van der Waals surface area contributed by atoms with Gasteiger partial charge in [-0.2, -0.15) is 5.26 Å². The van der Waals surface area contributed by atoms with Crippen LogP contribution in [-0.4, -0.2) is 34.3 Å². The number of aryl methyl sites for hydroxylation is 1. The van der Waals surface area contributed by atoms with Gasteiger partial charge in [0.15, 0.2) is 6.10 Å². The molecule has 3 rings (SSSR count). The van der Waals surface area contributed by atoms with Gasteiger partial charge in [0.05, 0.1) is 29.3 Å². The number of carboxylic acids is 1. The Hall–Kier alpha value is -3.77. The Bertz CT molecular complexity index is 1280. The number of hydrazine groups is 1. The van der Waals surface area contributed by atoms with Gasteiger partial charge >= 0.3 is 5.97 Å². The first kappa shape index (κ1) is 27.8. The van der Waals surface area contributed by atoms with Gasteiger partial charge in [0, 0.05) is 29.8 Å². The Balaban J connectivity index is 2.14. The molecule has 198 valence electrons. The molecular weight excluding hydrogens is 472 g/mol. The van der Waals surface area contributed by atoms with Gasteiger partial charge in [-0.3, -0.25) is 10.2 Å². The summed E-state index contributed by atoms with van der Waals surface area (Å²) in [7, 11) is 0. The molecule has 9 heteroatoms. The first-order valence-electron chi connectivity index (χ1n) is 13.0. The maximum absolute atomic E-state index is 12.7. The molecular formula is C28H36N4O5. The van der Waals surface area contributed by atoms with Crippen molar-refractivity contribution in [1.29, 1.82) is 5.26 Å². The molecule has 0 saturated heterocycles. The first-order valence-corrected chi connectivity index (χ1v) is 13.0. The molecule has 3 aromatic rings. The van der Waals surface area contributed by atoms with Crippen LogP contribution in [0.4, 0.5) is 0 Å². The number of rotatable bonds is 15. The largest absolute Gasteiger partial charge is 0.491 e. The monoisotopic (exact) mass is 508 g/mol. The number of aromatic nitrogens is 1. The number of aliphatic carboxylic acids is 1. The van der Waals surface area contributed by atoms with E-state index in [1.807, 2.05) is 19.1 Å². The number of hydrogen-bond acceptors (Lipinski definition) is 6. The molecule has 1 amide bonds. The Morgan fingerprint density at radius 1 is 1.16 bits per heavy atom. The molecule has 1 unspecified atom stereocenters. The molecule has 4 N–H and O–H groups in total. The summed E-state index contributed by atoms with van der Waals surface area (Å²) in [5.41, 5.74) is 4.35. The Morgan fingerprint density at radius 2 is 1.92 bits per heavy atom. The highest BCUT2D eigenvalue weighted by Crippen LogP contribution is 2.40. The average molecular weight is 509 g/mol. The number of nitrogens with one attached hydrogen (secondary N) is 1. The lowest BCUT2D eigenvalue weighted by molar-refractivity contribution is -0.145. The summed E-state index contributed by atoms with van der Waals surface area (Å²) in [6, 6.07) is 11.2. The summed E-state index contributed by atoms with van der Waals surface area (Å²) >= 11 is 0. The number of benzene rings is 2. The summed E-state index contributed by atoms with van der Waals surface area (Å²) in [6.45, 7) is 4.95. The minimum absolute atomic E-state index is 0.301. The quantitative estimate of drug-likeness (QED) is 0.110. The lowest BCUT2D eigenvalue weighted by atomic mass is 10.1. The van der Waals surface area contributed by atoms with Crippen molar-refractivity contribution in [3.8, 4) is 17.6 Å². The zero-order chi connectivity index (χ0) is 26.8. The van der Waals surface area contributed by atoms with E-state index in [1.54, 1.807) is 25.1 Å². The van der Waals surface area contributed by atoms with Crippen LogP contribution in [0.1, 0.15) is 75.6 Å². The van der Waals surface area contributed by atoms with Crippen molar-refractivity contribution in [2.75, 3.05) is 6.61 Å². The Kier molecular flexibility index (Phi) is 10.2. The van der Waals surface area contributed by atoms with E-state index in [2.05, 4.69) is 16.1 Å². The number of ether oxygens (including phenoxy) is 2. The number of hydrogen-bond donors (Lipinski definition) is 3. The lowest BCUT2D eigenvalue weighted by Gasteiger charge is -2.16. The molecule has 1 aromatic heterocycles. The normalized spacial score (nSPS) is 11.8. The lowest BCUT2D eigenvalue weighted by Crippen LogP contribution is -2.30. The number of unbranched alkanes of at least 4 members (excludes halogenated alkanes) is 5. The molecule has 0 radical (unpaired) electrons. The average Bonchev–Trinajstić information content (AvgIpc) is 3.22. The second kappa shape index (κ2) is 13.5. The molecule has 0 aliphatic rings. The third-order valence-corrected chi connectivity index (χ3v) is 6.35. The van der Waals surface area contributed by atoms with Crippen LogP contribution in [0.15, 0.2) is 30.3 Å². The molecule has 0 bridgehead atoms. The minimum Gasteiger partial charge on any atom is -0.491 e. The van der Waals surface area contributed by atoms with Gasteiger partial charge in [-0.05, 0) is 43.9 Å². The number of nitrogen functional groups attached to an aromatic ring is 1. The van der Waals surface area contributed by atoms with Gasteiger partial charge in [-0.25, -0.2) is 10.6 Å². The molecule has 0 saturated carbocycles. The van der Waals surface area contributed by atoms with Crippen molar-refractivity contribution >= 4 is 33.7 Å². The number of nitriles is 1. The molecule has 2 aromatic carbocycles. The molecule has 0 aliphatic heterocycles. The molecule has 1 heterocycles. The van der Waals surface area contributed by atoms with Gasteiger partial charge in [-0.1, -0.05) is 39.2 Å². The molecule has 1 atom stereocenters. The number of nitrogens with zero attached hydrogens (tertiary/aromatic N) is 2. The molecule has 0 fully saturated rings. The molecule has 0 spiro atoms. The summed E-state index contributed by atoms with van der Waals surface area (Å²) in [5, 5.41) is 19.7. The number of fused-ring (bicyclic) bond motifs is 3. The van der Waals surface area contributed by atoms with Crippen molar-refractivity contribution in [1.82, 2.24) is 9.99 Å². The second-order valence-electron chi connectivity index (χ2n) is 9.02. The van der Waals surface area contributed by atoms with Crippen molar-refractivity contribution in [3.05, 3.63) is 35.9 Å². The molecule has 9 nitrogen and oxygen atoms in total. The fraction of sp³-hybridized carbons (Fsp3) is 0.464. The zero-order valence-corrected chi connectivity index (χ0v) is 21.6. The maximum atomic E-state index is 12.7. The van der Waals surface area contributed by atoms with E-state index in [0.29, 0.717) is 48.4 Å². The van der Waals surface area contributed by atoms with Crippen LogP contribution in [0.2, 0.25) is 0 Å². The summed E-state index contributed by atoms with van der Waals surface area (Å²) in [5.74, 6) is 4.99. The smallest absolute Gasteiger partial charge is 0.344 e. The van der Waals surface area contributed by atoms with Crippen LogP contribution in [-0.2, 0) is 11.3 Å². The maximum Gasteiger partial charge on any atom is 0.344 e. The van der Waals surface area contributed by atoms with Gasteiger partial charge in [0.2, 0.25) is 0 Å². The van der Waals surface area contributed by atoms with Crippen molar-refractivity contribution < 1.29 is 24.2 Å². The van der Waals surface area contributed by atoms with Crippen LogP contribution >= 0.6 is 0 Å². The van der Waals surface area contributed by atoms with Gasteiger partial charge in [-0.15, -0.1) is 0 Å². The first-order chi connectivity index (χ1) is 18.0. The fourth-order valence-corrected chi connectivity index (χ4v) is 4.59. The number of nitrogens with two attached hydrogens (primary N) is 1. The van der Waals surface area contributed by atoms with Gasteiger partial charge < -0.3 is 19.1 Å². The highest BCUT2D eigenvalue weighted by atomic mass is 16.5. The third kappa shape index (κ3) is 6.52. The Morgan fingerprint density at radius 3 is 2.59 bits per heavy atom. The standard InChI is InChI=1S/C28H36N4O5/c1-3-16-36-24-18-19(37-23(4-2)28(34)35)17-21-25-20(27(33)31-30)12-11-13-22(25)32(26(21)24)15-10-8-6-5-7-9-14-29/h11-13,17-18,23H,3-10,15-16,30H2,1-2H3,(H,31,33)(H,34,35). The predicted molar refractivity (Wildman–Crippen MR) is 143 cm³/mol. The molecule has 37 heavy (non-hydrogen) atoms. The number of amides is 1. The van der Waals surface area contributed by atoms with Gasteiger partial charge in [0.1, 0.15) is 11.5 Å². The van der Waals surface area contributed by atoms with E-state index in [-0.39, 0.29) is 0 Å². The van der Waals surface area contributed by atoms with Crippen LogP contribution in [0, 0.1) is 11.3 Å². The fourth-order valence-electron chi connectivity index (χ4n) is 4.59. The molecule has 0 aliphatic carbocycles.